The molecule has 1 amide bonds. The zero-order valence-electron chi connectivity index (χ0n) is 14.8. The molecule has 0 fully saturated rings. The van der Waals surface area contributed by atoms with E-state index in [9.17, 15) is 9.18 Å². The van der Waals surface area contributed by atoms with E-state index in [1.807, 2.05) is 0 Å². The fourth-order valence-electron chi connectivity index (χ4n) is 2.56. The van der Waals surface area contributed by atoms with Gasteiger partial charge in [-0.3, -0.25) is 5.32 Å². The second-order valence-corrected chi connectivity index (χ2v) is 7.21. The molecule has 0 bridgehead atoms. The molecule has 2 aromatic heterocycles. The first-order valence-electron chi connectivity index (χ1n) is 8.40. The molecular weight excluding hydrogens is 456 g/mol. The molecular formula is C19H11Cl3FN5O2. The van der Waals surface area contributed by atoms with Gasteiger partial charge in [0.25, 0.3) is 0 Å². The van der Waals surface area contributed by atoms with Crippen LogP contribution in [0.4, 0.5) is 26.5 Å². The Morgan fingerprint density at radius 1 is 1.07 bits per heavy atom. The number of aromatic nitrogens is 3. The van der Waals surface area contributed by atoms with Gasteiger partial charge in [-0.1, -0.05) is 40.9 Å². The summed E-state index contributed by atoms with van der Waals surface area (Å²) in [6.07, 6.45) is 0.510. The van der Waals surface area contributed by atoms with Crippen LogP contribution in [0.15, 0.2) is 48.7 Å². The minimum atomic E-state index is -0.821. The Morgan fingerprint density at radius 2 is 1.83 bits per heavy atom. The minimum Gasteiger partial charge on any atom is -0.408 e. The Balaban J connectivity index is 1.49. The van der Waals surface area contributed by atoms with Crippen LogP contribution in [0.25, 0.3) is 11.2 Å². The molecule has 2 heterocycles. The van der Waals surface area contributed by atoms with Gasteiger partial charge >= 0.3 is 6.09 Å². The Bertz CT molecular complexity index is 1240. The first-order valence-corrected chi connectivity index (χ1v) is 9.53. The SMILES string of the molecule is O=C(Nc1ccc(Cl)c(F)c1)Oc1cnc2nc(Nc3c(Cl)cccc3Cl)[nH]c2c1. The number of anilines is 3. The number of carbonyl (C=O) groups is 1. The van der Waals surface area contributed by atoms with Crippen molar-refractivity contribution in [3.63, 3.8) is 0 Å². The number of amides is 1. The lowest BCUT2D eigenvalue weighted by Gasteiger charge is -2.07. The number of hydrogen-bond donors (Lipinski definition) is 3. The van der Waals surface area contributed by atoms with Crippen LogP contribution in [0.5, 0.6) is 5.75 Å². The van der Waals surface area contributed by atoms with Crippen LogP contribution in [-0.4, -0.2) is 21.0 Å². The largest absolute Gasteiger partial charge is 0.417 e. The van der Waals surface area contributed by atoms with Gasteiger partial charge in [-0.15, -0.1) is 0 Å². The number of imidazole rings is 1. The van der Waals surface area contributed by atoms with Crippen LogP contribution in [0.1, 0.15) is 0 Å². The Hall–Kier alpha value is -3.07. The molecule has 0 unspecified atom stereocenters. The number of nitrogens with one attached hydrogen (secondary N) is 3. The Morgan fingerprint density at radius 3 is 2.57 bits per heavy atom. The summed E-state index contributed by atoms with van der Waals surface area (Å²) in [5.74, 6) is -0.153. The minimum absolute atomic E-state index is 0.0506. The second-order valence-electron chi connectivity index (χ2n) is 5.99. The number of benzene rings is 2. The van der Waals surface area contributed by atoms with E-state index < -0.39 is 11.9 Å². The molecule has 2 aromatic carbocycles. The number of rotatable bonds is 4. The van der Waals surface area contributed by atoms with Crippen molar-refractivity contribution in [3.8, 4) is 5.75 Å². The van der Waals surface area contributed by atoms with Crippen molar-refractivity contribution in [1.82, 2.24) is 15.0 Å². The third-order valence-corrected chi connectivity index (χ3v) is 4.83. The Kier molecular flexibility index (Phi) is 5.63. The molecule has 0 atom stereocenters. The highest BCUT2D eigenvalue weighted by atomic mass is 35.5. The van der Waals surface area contributed by atoms with Gasteiger partial charge in [0, 0.05) is 11.8 Å². The van der Waals surface area contributed by atoms with Gasteiger partial charge in [-0.05, 0) is 30.3 Å². The maximum Gasteiger partial charge on any atom is 0.417 e. The highest BCUT2D eigenvalue weighted by molar-refractivity contribution is 6.39. The predicted octanol–water partition coefficient (Wildman–Crippen LogP) is 6.41. The zero-order valence-corrected chi connectivity index (χ0v) is 17.1. The fourth-order valence-corrected chi connectivity index (χ4v) is 3.17. The van der Waals surface area contributed by atoms with E-state index in [4.69, 9.17) is 39.5 Å². The van der Waals surface area contributed by atoms with Crippen molar-refractivity contribution in [1.29, 1.82) is 0 Å². The van der Waals surface area contributed by atoms with E-state index in [1.165, 1.54) is 24.4 Å². The molecule has 0 aliphatic rings. The molecule has 0 aliphatic heterocycles. The molecule has 0 aliphatic carbocycles. The molecule has 30 heavy (non-hydrogen) atoms. The normalized spacial score (nSPS) is 10.8. The topological polar surface area (TPSA) is 91.9 Å². The highest BCUT2D eigenvalue weighted by Crippen LogP contribution is 2.32. The lowest BCUT2D eigenvalue weighted by Crippen LogP contribution is -2.16. The standard InChI is InChI=1S/C19H11Cl3FN5O2/c20-11-5-4-9(6-14(11)23)25-19(29)30-10-7-15-17(24-8-10)28-18(26-15)27-16-12(21)2-1-3-13(16)22/h1-8H,(H,25,29)(H2,24,26,27,28). The predicted molar refractivity (Wildman–Crippen MR) is 115 cm³/mol. The van der Waals surface area contributed by atoms with E-state index in [1.54, 1.807) is 18.2 Å². The third-order valence-electron chi connectivity index (χ3n) is 3.90. The summed E-state index contributed by atoms with van der Waals surface area (Å²) in [6.45, 7) is 0. The van der Waals surface area contributed by atoms with Crippen LogP contribution in [0.3, 0.4) is 0 Å². The van der Waals surface area contributed by atoms with Crippen LogP contribution >= 0.6 is 34.8 Å². The molecule has 0 saturated heterocycles. The first kappa shape index (κ1) is 20.2. The number of fused-ring (bicyclic) bond motifs is 1. The fraction of sp³-hybridized carbons (Fsp3) is 0. The second kappa shape index (κ2) is 8.35. The number of carbonyl (C=O) groups excluding carboxylic acids is 1. The smallest absolute Gasteiger partial charge is 0.408 e. The van der Waals surface area contributed by atoms with Crippen LogP contribution in [0, 0.1) is 5.82 Å². The van der Waals surface area contributed by atoms with Gasteiger partial charge < -0.3 is 15.0 Å². The van der Waals surface area contributed by atoms with Crippen molar-refractivity contribution in [3.05, 3.63) is 69.5 Å². The van der Waals surface area contributed by atoms with Crippen molar-refractivity contribution >= 4 is 69.4 Å². The lowest BCUT2D eigenvalue weighted by atomic mass is 10.3. The van der Waals surface area contributed by atoms with Crippen LogP contribution in [0.2, 0.25) is 15.1 Å². The van der Waals surface area contributed by atoms with Gasteiger partial charge in [0.05, 0.1) is 32.5 Å². The maximum absolute atomic E-state index is 13.5. The van der Waals surface area contributed by atoms with Gasteiger partial charge in [0.15, 0.2) is 11.4 Å². The average Bonchev–Trinajstić information content (AvgIpc) is 3.09. The van der Waals surface area contributed by atoms with Gasteiger partial charge in [-0.25, -0.2) is 14.2 Å². The van der Waals surface area contributed by atoms with Crippen molar-refractivity contribution in [2.75, 3.05) is 10.6 Å². The highest BCUT2D eigenvalue weighted by Gasteiger charge is 2.12. The number of ether oxygens (including phenoxy) is 1. The molecule has 3 N–H and O–H groups in total. The Labute approximate surface area is 184 Å². The monoisotopic (exact) mass is 465 g/mol. The van der Waals surface area contributed by atoms with Gasteiger partial charge in [0.1, 0.15) is 5.82 Å². The van der Waals surface area contributed by atoms with E-state index in [-0.39, 0.29) is 16.5 Å². The molecule has 0 saturated carbocycles. The first-order chi connectivity index (χ1) is 14.4. The lowest BCUT2D eigenvalue weighted by molar-refractivity contribution is 0.215. The van der Waals surface area contributed by atoms with Gasteiger partial charge in [0.2, 0.25) is 5.95 Å². The molecule has 0 spiro atoms. The number of nitrogens with zero attached hydrogens (tertiary/aromatic N) is 2. The molecule has 152 valence electrons. The summed E-state index contributed by atoms with van der Waals surface area (Å²) in [5.41, 5.74) is 1.57. The van der Waals surface area contributed by atoms with E-state index >= 15 is 0 Å². The number of para-hydroxylation sites is 1. The molecule has 7 nitrogen and oxygen atoms in total. The maximum atomic E-state index is 13.5. The number of halogens is 4. The third kappa shape index (κ3) is 4.40. The molecule has 11 heteroatoms. The summed E-state index contributed by atoms with van der Waals surface area (Å²) < 4.78 is 18.7. The van der Waals surface area contributed by atoms with E-state index in [2.05, 4.69) is 25.6 Å². The van der Waals surface area contributed by atoms with Crippen LogP contribution < -0.4 is 15.4 Å². The van der Waals surface area contributed by atoms with Crippen molar-refractivity contribution in [2.45, 2.75) is 0 Å². The summed E-state index contributed by atoms with van der Waals surface area (Å²) in [5, 5.41) is 6.20. The number of aromatic amines is 1. The number of pyridine rings is 1. The summed E-state index contributed by atoms with van der Waals surface area (Å²) >= 11 is 17.9. The van der Waals surface area contributed by atoms with E-state index in [0.29, 0.717) is 32.8 Å². The van der Waals surface area contributed by atoms with Crippen molar-refractivity contribution in [2.24, 2.45) is 0 Å². The van der Waals surface area contributed by atoms with Crippen molar-refractivity contribution < 1.29 is 13.9 Å². The molecule has 4 aromatic rings. The number of H-pyrrole nitrogens is 1. The average molecular weight is 467 g/mol. The van der Waals surface area contributed by atoms with E-state index in [0.717, 1.165) is 6.07 Å². The molecule has 0 radical (unpaired) electrons. The summed E-state index contributed by atoms with van der Waals surface area (Å²) in [6, 6.07) is 10.5. The quantitative estimate of drug-likeness (QED) is 0.323. The summed E-state index contributed by atoms with van der Waals surface area (Å²) in [7, 11) is 0. The summed E-state index contributed by atoms with van der Waals surface area (Å²) in [4.78, 5) is 23.5. The zero-order chi connectivity index (χ0) is 21.3. The van der Waals surface area contributed by atoms with Gasteiger partial charge in [-0.2, -0.15) is 4.98 Å². The molecule has 4 rings (SSSR count). The van der Waals surface area contributed by atoms with Crippen LogP contribution in [-0.2, 0) is 0 Å². The number of hydrogen-bond acceptors (Lipinski definition) is 5.